The SMILES string of the molecule is O=C(Cn1cnc(-c2ccccc2)n1)NC[C@@H]1CCCO1. The van der Waals surface area contributed by atoms with Crippen molar-refractivity contribution in [3.63, 3.8) is 0 Å². The monoisotopic (exact) mass is 286 g/mol. The van der Waals surface area contributed by atoms with E-state index in [-0.39, 0.29) is 18.6 Å². The zero-order valence-corrected chi connectivity index (χ0v) is 11.7. The van der Waals surface area contributed by atoms with Gasteiger partial charge in [0.15, 0.2) is 5.82 Å². The van der Waals surface area contributed by atoms with E-state index in [9.17, 15) is 4.79 Å². The maximum atomic E-state index is 11.9. The summed E-state index contributed by atoms with van der Waals surface area (Å²) in [7, 11) is 0. The average Bonchev–Trinajstić information content (AvgIpc) is 3.17. The van der Waals surface area contributed by atoms with Crippen LogP contribution in [0.4, 0.5) is 0 Å². The van der Waals surface area contributed by atoms with E-state index in [1.54, 1.807) is 11.0 Å². The standard InChI is InChI=1S/C15H18N4O2/c20-14(16-9-13-7-4-8-21-13)10-19-11-17-15(18-19)12-5-2-1-3-6-12/h1-3,5-6,11,13H,4,7-10H2,(H,16,20)/t13-/m0/s1. The predicted octanol–water partition coefficient (Wildman–Crippen LogP) is 1.24. The summed E-state index contributed by atoms with van der Waals surface area (Å²) in [5, 5.41) is 7.18. The number of ether oxygens (including phenoxy) is 1. The fraction of sp³-hybridized carbons (Fsp3) is 0.400. The summed E-state index contributed by atoms with van der Waals surface area (Å²) in [5.41, 5.74) is 0.941. The Labute approximate surface area is 123 Å². The van der Waals surface area contributed by atoms with Gasteiger partial charge in [-0.15, -0.1) is 0 Å². The van der Waals surface area contributed by atoms with Gasteiger partial charge >= 0.3 is 0 Å². The number of nitrogens with one attached hydrogen (secondary N) is 1. The van der Waals surface area contributed by atoms with Crippen LogP contribution in [0, 0.1) is 0 Å². The van der Waals surface area contributed by atoms with Crippen molar-refractivity contribution in [2.24, 2.45) is 0 Å². The first-order chi connectivity index (χ1) is 10.3. The Morgan fingerprint density at radius 2 is 2.24 bits per heavy atom. The topological polar surface area (TPSA) is 69.0 Å². The van der Waals surface area contributed by atoms with E-state index in [1.165, 1.54) is 0 Å². The minimum atomic E-state index is -0.0741. The molecule has 0 unspecified atom stereocenters. The first kappa shape index (κ1) is 13.8. The summed E-state index contributed by atoms with van der Waals surface area (Å²) < 4.78 is 7.01. The maximum absolute atomic E-state index is 11.9. The summed E-state index contributed by atoms with van der Waals surface area (Å²) in [6, 6.07) is 9.70. The van der Waals surface area contributed by atoms with Gasteiger partial charge in [0.05, 0.1) is 6.10 Å². The van der Waals surface area contributed by atoms with Crippen LogP contribution in [0.3, 0.4) is 0 Å². The number of hydrogen-bond acceptors (Lipinski definition) is 4. The Morgan fingerprint density at radius 1 is 1.38 bits per heavy atom. The molecule has 1 fully saturated rings. The number of nitrogens with zero attached hydrogens (tertiary/aromatic N) is 3. The van der Waals surface area contributed by atoms with Gasteiger partial charge < -0.3 is 10.1 Å². The number of amides is 1. The Hall–Kier alpha value is -2.21. The Kier molecular flexibility index (Phi) is 4.25. The molecule has 2 heterocycles. The highest BCUT2D eigenvalue weighted by molar-refractivity contribution is 5.75. The molecular formula is C15H18N4O2. The number of rotatable bonds is 5. The third kappa shape index (κ3) is 3.66. The fourth-order valence-electron chi connectivity index (χ4n) is 2.33. The van der Waals surface area contributed by atoms with Crippen LogP contribution in [0.2, 0.25) is 0 Å². The minimum absolute atomic E-state index is 0.0741. The van der Waals surface area contributed by atoms with Crippen molar-refractivity contribution in [3.05, 3.63) is 36.7 Å². The van der Waals surface area contributed by atoms with E-state index >= 15 is 0 Å². The Bertz CT molecular complexity index is 591. The molecule has 0 saturated carbocycles. The lowest BCUT2D eigenvalue weighted by Gasteiger charge is -2.10. The quantitative estimate of drug-likeness (QED) is 0.898. The van der Waals surface area contributed by atoms with Crippen molar-refractivity contribution in [2.75, 3.05) is 13.2 Å². The molecule has 1 aliphatic heterocycles. The van der Waals surface area contributed by atoms with Crippen LogP contribution >= 0.6 is 0 Å². The van der Waals surface area contributed by atoms with Crippen LogP contribution in [0.1, 0.15) is 12.8 Å². The van der Waals surface area contributed by atoms with E-state index in [0.717, 1.165) is 25.0 Å². The van der Waals surface area contributed by atoms with Crippen LogP contribution in [-0.2, 0) is 16.1 Å². The number of aromatic nitrogens is 3. The van der Waals surface area contributed by atoms with Gasteiger partial charge in [-0.25, -0.2) is 9.67 Å². The maximum Gasteiger partial charge on any atom is 0.241 e. The normalized spacial score (nSPS) is 17.8. The number of benzene rings is 1. The van der Waals surface area contributed by atoms with Gasteiger partial charge in [-0.2, -0.15) is 5.10 Å². The molecule has 3 rings (SSSR count). The number of carbonyl (C=O) groups is 1. The second-order valence-corrected chi connectivity index (χ2v) is 5.07. The number of hydrogen-bond donors (Lipinski definition) is 1. The van der Waals surface area contributed by atoms with Crippen molar-refractivity contribution >= 4 is 5.91 Å². The van der Waals surface area contributed by atoms with Gasteiger partial charge in [0.2, 0.25) is 5.91 Å². The number of carbonyl (C=O) groups excluding carboxylic acids is 1. The van der Waals surface area contributed by atoms with Gasteiger partial charge in [-0.1, -0.05) is 30.3 Å². The molecule has 1 aliphatic rings. The van der Waals surface area contributed by atoms with Crippen molar-refractivity contribution < 1.29 is 9.53 Å². The Morgan fingerprint density at radius 3 is 3.00 bits per heavy atom. The molecule has 0 spiro atoms. The van der Waals surface area contributed by atoms with Crippen molar-refractivity contribution in [2.45, 2.75) is 25.5 Å². The first-order valence-corrected chi connectivity index (χ1v) is 7.14. The fourth-order valence-corrected chi connectivity index (χ4v) is 2.33. The zero-order valence-electron chi connectivity index (χ0n) is 11.7. The van der Waals surface area contributed by atoms with Crippen molar-refractivity contribution in [1.82, 2.24) is 20.1 Å². The molecule has 6 heteroatoms. The summed E-state index contributed by atoms with van der Waals surface area (Å²) in [5.74, 6) is 0.553. The summed E-state index contributed by atoms with van der Waals surface area (Å²) in [6.07, 6.45) is 3.82. The van der Waals surface area contributed by atoms with Gasteiger partial charge in [0, 0.05) is 18.7 Å². The van der Waals surface area contributed by atoms with Gasteiger partial charge in [0.1, 0.15) is 12.9 Å². The molecule has 0 bridgehead atoms. The predicted molar refractivity (Wildman–Crippen MR) is 77.4 cm³/mol. The molecule has 1 saturated heterocycles. The van der Waals surface area contributed by atoms with Crippen molar-refractivity contribution in [3.8, 4) is 11.4 Å². The van der Waals surface area contributed by atoms with Crippen LogP contribution in [0.15, 0.2) is 36.7 Å². The lowest BCUT2D eigenvalue weighted by Crippen LogP contribution is -2.34. The Balaban J connectivity index is 1.53. The summed E-state index contributed by atoms with van der Waals surface area (Å²) in [4.78, 5) is 16.1. The summed E-state index contributed by atoms with van der Waals surface area (Å²) in [6.45, 7) is 1.54. The highest BCUT2D eigenvalue weighted by Gasteiger charge is 2.16. The van der Waals surface area contributed by atoms with Crippen LogP contribution in [0.25, 0.3) is 11.4 Å². The van der Waals surface area contributed by atoms with Gasteiger partial charge in [-0.05, 0) is 12.8 Å². The highest BCUT2D eigenvalue weighted by atomic mass is 16.5. The molecule has 1 N–H and O–H groups in total. The molecule has 0 radical (unpaired) electrons. The van der Waals surface area contributed by atoms with Crippen LogP contribution in [-0.4, -0.2) is 39.9 Å². The average molecular weight is 286 g/mol. The smallest absolute Gasteiger partial charge is 0.241 e. The third-order valence-electron chi connectivity index (χ3n) is 3.42. The second kappa shape index (κ2) is 6.49. The molecule has 1 amide bonds. The van der Waals surface area contributed by atoms with Gasteiger partial charge in [0.25, 0.3) is 0 Å². The van der Waals surface area contributed by atoms with E-state index in [0.29, 0.717) is 12.4 Å². The molecule has 0 aliphatic carbocycles. The third-order valence-corrected chi connectivity index (χ3v) is 3.42. The van der Waals surface area contributed by atoms with Crippen molar-refractivity contribution in [1.29, 1.82) is 0 Å². The molecule has 1 aromatic heterocycles. The molecule has 6 nitrogen and oxygen atoms in total. The highest BCUT2D eigenvalue weighted by Crippen LogP contribution is 2.13. The molecule has 21 heavy (non-hydrogen) atoms. The van der Waals surface area contributed by atoms with E-state index in [2.05, 4.69) is 15.4 Å². The molecular weight excluding hydrogens is 268 g/mol. The molecule has 1 aromatic carbocycles. The lowest BCUT2D eigenvalue weighted by atomic mass is 10.2. The first-order valence-electron chi connectivity index (χ1n) is 7.14. The van der Waals surface area contributed by atoms with E-state index in [4.69, 9.17) is 4.74 Å². The lowest BCUT2D eigenvalue weighted by molar-refractivity contribution is -0.122. The minimum Gasteiger partial charge on any atom is -0.376 e. The second-order valence-electron chi connectivity index (χ2n) is 5.07. The van der Waals surface area contributed by atoms with Gasteiger partial charge in [-0.3, -0.25) is 4.79 Å². The van der Waals surface area contributed by atoms with Crippen LogP contribution in [0.5, 0.6) is 0 Å². The van der Waals surface area contributed by atoms with E-state index in [1.807, 2.05) is 30.3 Å². The summed E-state index contributed by atoms with van der Waals surface area (Å²) >= 11 is 0. The molecule has 1 atom stereocenters. The largest absolute Gasteiger partial charge is 0.376 e. The van der Waals surface area contributed by atoms with Crippen LogP contribution < -0.4 is 5.32 Å². The molecule has 2 aromatic rings. The molecule has 110 valence electrons. The zero-order chi connectivity index (χ0) is 14.5. The van der Waals surface area contributed by atoms with E-state index < -0.39 is 0 Å².